The van der Waals surface area contributed by atoms with Crippen LogP contribution in [0.5, 0.6) is 0 Å². The van der Waals surface area contributed by atoms with Gasteiger partial charge >= 0.3 is 0 Å². The van der Waals surface area contributed by atoms with Crippen LogP contribution < -0.4 is 4.90 Å². The molecule has 0 fully saturated rings. The van der Waals surface area contributed by atoms with Crippen LogP contribution in [-0.2, 0) is 0 Å². The predicted molar refractivity (Wildman–Crippen MR) is 69.1 cm³/mol. The van der Waals surface area contributed by atoms with E-state index in [2.05, 4.69) is 18.7 Å². The fourth-order valence-corrected chi connectivity index (χ4v) is 1.67. The van der Waals surface area contributed by atoms with Crippen molar-refractivity contribution in [2.24, 2.45) is 0 Å². The first kappa shape index (κ1) is 12.5. The highest BCUT2D eigenvalue weighted by Gasteiger charge is 2.04. The van der Waals surface area contributed by atoms with Crippen LogP contribution >= 0.6 is 0 Å². The molecule has 0 aromatic heterocycles. The topological polar surface area (TPSA) is 20.3 Å². The van der Waals surface area contributed by atoms with Crippen molar-refractivity contribution in [3.63, 3.8) is 0 Å². The number of rotatable bonds is 5. The number of hydrogen-bond acceptors (Lipinski definition) is 2. The number of carbonyl (C=O) groups is 1. The van der Waals surface area contributed by atoms with Crippen molar-refractivity contribution in [2.75, 3.05) is 18.0 Å². The average molecular weight is 217 g/mol. The van der Waals surface area contributed by atoms with E-state index in [1.54, 1.807) is 12.2 Å². The third-order valence-electron chi connectivity index (χ3n) is 2.60. The smallest absolute Gasteiger partial charge is 0.185 e. The monoisotopic (exact) mass is 217 g/mol. The number of carbonyl (C=O) groups excluding carboxylic acids is 1. The molecule has 0 unspecified atom stereocenters. The molecule has 0 bridgehead atoms. The molecule has 2 heteroatoms. The third-order valence-corrected chi connectivity index (χ3v) is 2.60. The Bertz CT molecular complexity index is 361. The molecule has 86 valence electrons. The zero-order valence-corrected chi connectivity index (χ0v) is 10.2. The van der Waals surface area contributed by atoms with Crippen molar-refractivity contribution in [1.82, 2.24) is 0 Å². The highest BCUT2D eigenvalue weighted by molar-refractivity contribution is 6.04. The minimum atomic E-state index is 0.0635. The minimum absolute atomic E-state index is 0.0635. The Hall–Kier alpha value is -1.57. The van der Waals surface area contributed by atoms with Crippen molar-refractivity contribution in [3.05, 3.63) is 42.0 Å². The lowest BCUT2D eigenvalue weighted by molar-refractivity contribution is 0.104. The fourth-order valence-electron chi connectivity index (χ4n) is 1.67. The second kappa shape index (κ2) is 6.11. The molecule has 0 spiro atoms. The Morgan fingerprint density at radius 2 is 1.75 bits per heavy atom. The molecule has 2 nitrogen and oxygen atoms in total. The summed E-state index contributed by atoms with van der Waals surface area (Å²) in [6.07, 6.45) is 3.35. The van der Waals surface area contributed by atoms with E-state index in [1.165, 1.54) is 5.69 Å². The van der Waals surface area contributed by atoms with Crippen LogP contribution in [0.15, 0.2) is 36.4 Å². The van der Waals surface area contributed by atoms with Crippen molar-refractivity contribution < 1.29 is 4.79 Å². The van der Waals surface area contributed by atoms with Crippen molar-refractivity contribution in [1.29, 1.82) is 0 Å². The molecule has 1 aromatic carbocycles. The van der Waals surface area contributed by atoms with Crippen molar-refractivity contribution in [3.8, 4) is 0 Å². The van der Waals surface area contributed by atoms with Gasteiger partial charge in [0.2, 0.25) is 0 Å². The third kappa shape index (κ3) is 2.96. The van der Waals surface area contributed by atoms with Gasteiger partial charge in [-0.3, -0.25) is 4.79 Å². The van der Waals surface area contributed by atoms with Gasteiger partial charge in [-0.1, -0.05) is 6.08 Å². The summed E-state index contributed by atoms with van der Waals surface area (Å²) in [6.45, 7) is 8.07. The number of allylic oxidation sites excluding steroid dienone is 2. The lowest BCUT2D eigenvalue weighted by Gasteiger charge is -2.20. The first-order chi connectivity index (χ1) is 7.72. The van der Waals surface area contributed by atoms with Gasteiger partial charge in [-0.25, -0.2) is 0 Å². The van der Waals surface area contributed by atoms with Crippen LogP contribution in [0, 0.1) is 0 Å². The SMILES string of the molecule is C/C=C/C(=O)c1ccc(N(CC)CC)cc1. The normalized spacial score (nSPS) is 10.7. The lowest BCUT2D eigenvalue weighted by atomic mass is 10.1. The summed E-state index contributed by atoms with van der Waals surface area (Å²) in [7, 11) is 0. The summed E-state index contributed by atoms with van der Waals surface area (Å²) < 4.78 is 0. The van der Waals surface area contributed by atoms with Gasteiger partial charge in [0.05, 0.1) is 0 Å². The molecule has 0 saturated carbocycles. The zero-order chi connectivity index (χ0) is 12.0. The fraction of sp³-hybridized carbons (Fsp3) is 0.357. The number of benzene rings is 1. The van der Waals surface area contributed by atoms with Crippen LogP contribution in [0.1, 0.15) is 31.1 Å². The van der Waals surface area contributed by atoms with Gasteiger partial charge in [0.1, 0.15) is 0 Å². The summed E-state index contributed by atoms with van der Waals surface area (Å²) in [6, 6.07) is 7.78. The van der Waals surface area contributed by atoms with Crippen molar-refractivity contribution >= 4 is 11.5 Å². The maximum absolute atomic E-state index is 11.6. The molecule has 1 aromatic rings. The summed E-state index contributed by atoms with van der Waals surface area (Å²) in [5.74, 6) is 0.0635. The quantitative estimate of drug-likeness (QED) is 0.557. The second-order valence-electron chi connectivity index (χ2n) is 3.58. The molecule has 0 radical (unpaired) electrons. The van der Waals surface area contributed by atoms with Gasteiger partial charge in [0.25, 0.3) is 0 Å². The van der Waals surface area contributed by atoms with Gasteiger partial charge < -0.3 is 4.90 Å². The molecular weight excluding hydrogens is 198 g/mol. The minimum Gasteiger partial charge on any atom is -0.372 e. The molecule has 0 aliphatic carbocycles. The molecule has 1 rings (SSSR count). The molecule has 16 heavy (non-hydrogen) atoms. The van der Waals surface area contributed by atoms with E-state index in [4.69, 9.17) is 0 Å². The van der Waals surface area contributed by atoms with E-state index < -0.39 is 0 Å². The highest BCUT2D eigenvalue weighted by atomic mass is 16.1. The van der Waals surface area contributed by atoms with Crippen LogP contribution in [0.2, 0.25) is 0 Å². The number of nitrogens with zero attached hydrogens (tertiary/aromatic N) is 1. The van der Waals surface area contributed by atoms with E-state index in [1.807, 2.05) is 31.2 Å². The van der Waals surface area contributed by atoms with E-state index in [-0.39, 0.29) is 5.78 Å². The molecule has 0 aliphatic rings. The first-order valence-electron chi connectivity index (χ1n) is 5.75. The first-order valence-corrected chi connectivity index (χ1v) is 5.75. The molecule has 0 aliphatic heterocycles. The van der Waals surface area contributed by atoms with Gasteiger partial charge in [-0.15, -0.1) is 0 Å². The van der Waals surface area contributed by atoms with Crippen molar-refractivity contribution in [2.45, 2.75) is 20.8 Å². The Labute approximate surface area is 97.6 Å². The van der Waals surface area contributed by atoms with Gasteiger partial charge in [0, 0.05) is 24.3 Å². The Balaban J connectivity index is 2.86. The van der Waals surface area contributed by atoms with Crippen LogP contribution in [0.25, 0.3) is 0 Å². The number of hydrogen-bond donors (Lipinski definition) is 0. The maximum Gasteiger partial charge on any atom is 0.185 e. The standard InChI is InChI=1S/C14H19NO/c1-4-7-14(16)12-8-10-13(11-9-12)15(5-2)6-3/h4,7-11H,5-6H2,1-3H3/b7-4+. The van der Waals surface area contributed by atoms with E-state index in [9.17, 15) is 4.79 Å². The second-order valence-corrected chi connectivity index (χ2v) is 3.58. The molecule has 0 atom stereocenters. The molecular formula is C14H19NO. The maximum atomic E-state index is 11.6. The van der Waals surface area contributed by atoms with Gasteiger partial charge in [-0.2, -0.15) is 0 Å². The number of anilines is 1. The molecule has 0 amide bonds. The largest absolute Gasteiger partial charge is 0.372 e. The predicted octanol–water partition coefficient (Wildman–Crippen LogP) is 3.29. The Kier molecular flexibility index (Phi) is 4.77. The highest BCUT2D eigenvalue weighted by Crippen LogP contribution is 2.15. The molecule has 0 heterocycles. The van der Waals surface area contributed by atoms with E-state index in [0.29, 0.717) is 0 Å². The Morgan fingerprint density at radius 3 is 2.19 bits per heavy atom. The molecule has 0 saturated heterocycles. The zero-order valence-electron chi connectivity index (χ0n) is 10.2. The van der Waals surface area contributed by atoms with Crippen LogP contribution in [0.3, 0.4) is 0 Å². The molecule has 0 N–H and O–H groups in total. The Morgan fingerprint density at radius 1 is 1.19 bits per heavy atom. The summed E-state index contributed by atoms with van der Waals surface area (Å²) in [5.41, 5.74) is 1.91. The number of ketones is 1. The van der Waals surface area contributed by atoms with E-state index >= 15 is 0 Å². The summed E-state index contributed by atoms with van der Waals surface area (Å²) in [4.78, 5) is 13.8. The van der Waals surface area contributed by atoms with E-state index in [0.717, 1.165) is 18.7 Å². The lowest BCUT2D eigenvalue weighted by Crippen LogP contribution is -2.21. The van der Waals surface area contributed by atoms with Gasteiger partial charge in [-0.05, 0) is 51.1 Å². The average Bonchev–Trinajstić information content (AvgIpc) is 2.32. The van der Waals surface area contributed by atoms with Gasteiger partial charge in [0.15, 0.2) is 5.78 Å². The van der Waals surface area contributed by atoms with Crippen LogP contribution in [-0.4, -0.2) is 18.9 Å². The van der Waals surface area contributed by atoms with Crippen LogP contribution in [0.4, 0.5) is 5.69 Å². The summed E-state index contributed by atoms with van der Waals surface area (Å²) >= 11 is 0. The summed E-state index contributed by atoms with van der Waals surface area (Å²) in [5, 5.41) is 0.